The van der Waals surface area contributed by atoms with Gasteiger partial charge in [-0.05, 0) is 20.8 Å². The van der Waals surface area contributed by atoms with Crippen molar-refractivity contribution in [3.05, 3.63) is 16.1 Å². The van der Waals surface area contributed by atoms with Gasteiger partial charge < -0.3 is 15.4 Å². The Kier molecular flexibility index (Phi) is 5.26. The minimum absolute atomic E-state index is 0.0166. The van der Waals surface area contributed by atoms with Crippen LogP contribution in [-0.2, 0) is 6.42 Å². The average molecular weight is 308 g/mol. The normalized spacial score (nSPS) is 10.7. The predicted molar refractivity (Wildman–Crippen MR) is 84.2 cm³/mol. The summed E-state index contributed by atoms with van der Waals surface area (Å²) in [4.78, 5) is 17.1. The molecular weight excluding hydrogens is 288 g/mol. The van der Waals surface area contributed by atoms with Crippen LogP contribution in [0.4, 0.5) is 11.9 Å². The van der Waals surface area contributed by atoms with Gasteiger partial charge in [0.05, 0.1) is 16.8 Å². The van der Waals surface area contributed by atoms with Crippen LogP contribution in [0.15, 0.2) is 5.38 Å². The van der Waals surface area contributed by atoms with E-state index in [9.17, 15) is 0 Å². The second-order valence-electron chi connectivity index (χ2n) is 4.72. The van der Waals surface area contributed by atoms with Crippen molar-refractivity contribution in [1.82, 2.24) is 19.9 Å². The number of anilines is 2. The van der Waals surface area contributed by atoms with E-state index in [1.54, 1.807) is 18.4 Å². The number of nitrogens with one attached hydrogen (secondary N) is 2. The van der Waals surface area contributed by atoms with Gasteiger partial charge in [-0.3, -0.25) is 0 Å². The predicted octanol–water partition coefficient (Wildman–Crippen LogP) is 2.12. The van der Waals surface area contributed by atoms with E-state index in [1.807, 2.05) is 20.8 Å². The zero-order valence-corrected chi connectivity index (χ0v) is 13.5. The molecule has 21 heavy (non-hydrogen) atoms. The van der Waals surface area contributed by atoms with Gasteiger partial charge in [0.25, 0.3) is 0 Å². The number of ether oxygens (including phenoxy) is 1. The van der Waals surface area contributed by atoms with E-state index in [4.69, 9.17) is 4.74 Å². The lowest BCUT2D eigenvalue weighted by Crippen LogP contribution is -2.14. The smallest absolute Gasteiger partial charge is 0.323 e. The Morgan fingerprint density at radius 2 is 1.95 bits per heavy atom. The van der Waals surface area contributed by atoms with Crippen molar-refractivity contribution >= 4 is 23.2 Å². The van der Waals surface area contributed by atoms with Gasteiger partial charge >= 0.3 is 6.01 Å². The molecule has 0 aromatic carbocycles. The lowest BCUT2D eigenvalue weighted by atomic mass is 10.3. The Bertz CT molecular complexity index is 586. The van der Waals surface area contributed by atoms with Gasteiger partial charge in [-0.25, -0.2) is 4.98 Å². The molecule has 2 heterocycles. The third-order valence-electron chi connectivity index (χ3n) is 2.51. The van der Waals surface area contributed by atoms with Crippen molar-refractivity contribution in [2.75, 3.05) is 24.2 Å². The fourth-order valence-corrected chi connectivity index (χ4v) is 2.28. The largest absolute Gasteiger partial charge is 0.461 e. The van der Waals surface area contributed by atoms with Gasteiger partial charge in [0.15, 0.2) is 0 Å². The molecular formula is C13H20N6OS. The summed E-state index contributed by atoms with van der Waals surface area (Å²) in [6.45, 7) is 6.57. The number of aryl methyl sites for hydroxylation is 1. The highest BCUT2D eigenvalue weighted by molar-refractivity contribution is 7.09. The van der Waals surface area contributed by atoms with Gasteiger partial charge in [0.2, 0.25) is 11.9 Å². The zero-order chi connectivity index (χ0) is 15.2. The van der Waals surface area contributed by atoms with Gasteiger partial charge in [-0.1, -0.05) is 0 Å². The van der Waals surface area contributed by atoms with E-state index in [2.05, 4.69) is 35.9 Å². The van der Waals surface area contributed by atoms with Crippen LogP contribution in [0.25, 0.3) is 0 Å². The molecule has 2 aromatic heterocycles. The Morgan fingerprint density at radius 1 is 1.19 bits per heavy atom. The fraction of sp³-hybridized carbons (Fsp3) is 0.538. The van der Waals surface area contributed by atoms with E-state index in [0.29, 0.717) is 24.5 Å². The third kappa shape index (κ3) is 4.82. The summed E-state index contributed by atoms with van der Waals surface area (Å²) in [5.41, 5.74) is 1.08. The first-order valence-electron chi connectivity index (χ1n) is 6.82. The van der Waals surface area contributed by atoms with Gasteiger partial charge in [-0.15, -0.1) is 11.3 Å². The molecule has 2 aromatic rings. The Balaban J connectivity index is 1.97. The van der Waals surface area contributed by atoms with E-state index in [0.717, 1.165) is 17.1 Å². The van der Waals surface area contributed by atoms with E-state index in [-0.39, 0.29) is 6.10 Å². The maximum absolute atomic E-state index is 5.51. The number of thiazole rings is 1. The summed E-state index contributed by atoms with van der Waals surface area (Å²) in [5.74, 6) is 0.976. The van der Waals surface area contributed by atoms with Crippen LogP contribution in [-0.4, -0.2) is 39.6 Å². The maximum atomic E-state index is 5.51. The SMILES string of the molecule is CNc1nc(NCCc2csc(C)n2)nc(OC(C)C)n1. The van der Waals surface area contributed by atoms with E-state index < -0.39 is 0 Å². The molecule has 0 saturated carbocycles. The molecule has 0 fully saturated rings. The topological polar surface area (TPSA) is 84.9 Å². The molecule has 2 N–H and O–H groups in total. The molecule has 0 aliphatic carbocycles. The van der Waals surface area contributed by atoms with Crippen LogP contribution >= 0.6 is 11.3 Å². The molecule has 0 aliphatic heterocycles. The third-order valence-corrected chi connectivity index (χ3v) is 3.33. The van der Waals surface area contributed by atoms with Crippen LogP contribution in [0.3, 0.4) is 0 Å². The highest BCUT2D eigenvalue weighted by atomic mass is 32.1. The summed E-state index contributed by atoms with van der Waals surface area (Å²) in [6.07, 6.45) is 0.841. The molecule has 7 nitrogen and oxygen atoms in total. The lowest BCUT2D eigenvalue weighted by Gasteiger charge is -2.10. The molecule has 2 rings (SSSR count). The summed E-state index contributed by atoms with van der Waals surface area (Å²) >= 11 is 1.66. The molecule has 0 atom stereocenters. The van der Waals surface area contributed by atoms with Crippen molar-refractivity contribution in [3.63, 3.8) is 0 Å². The summed E-state index contributed by atoms with van der Waals surface area (Å²) in [6, 6.07) is 0.316. The standard InChI is InChI=1S/C13H20N6OS/c1-8(2)20-13-18-11(14-4)17-12(19-13)15-6-5-10-7-21-9(3)16-10/h7-8H,5-6H2,1-4H3,(H2,14,15,17,18,19). The van der Waals surface area contributed by atoms with Gasteiger partial charge in [0.1, 0.15) is 0 Å². The average Bonchev–Trinajstić information content (AvgIpc) is 2.83. The molecule has 0 amide bonds. The Labute approximate surface area is 128 Å². The minimum Gasteiger partial charge on any atom is -0.461 e. The highest BCUT2D eigenvalue weighted by Gasteiger charge is 2.08. The van der Waals surface area contributed by atoms with Crippen molar-refractivity contribution < 1.29 is 4.74 Å². The van der Waals surface area contributed by atoms with E-state index >= 15 is 0 Å². The molecule has 0 spiro atoms. The molecule has 8 heteroatoms. The number of aromatic nitrogens is 4. The molecule has 0 saturated heterocycles. The van der Waals surface area contributed by atoms with Crippen LogP contribution in [0.5, 0.6) is 6.01 Å². The number of hydrogen-bond donors (Lipinski definition) is 2. The Hall–Kier alpha value is -1.96. The first-order chi connectivity index (χ1) is 10.1. The highest BCUT2D eigenvalue weighted by Crippen LogP contribution is 2.13. The first kappa shape index (κ1) is 15.4. The van der Waals surface area contributed by atoms with Crippen LogP contribution < -0.4 is 15.4 Å². The van der Waals surface area contributed by atoms with Crippen LogP contribution in [0.2, 0.25) is 0 Å². The van der Waals surface area contributed by atoms with Crippen LogP contribution in [0, 0.1) is 6.92 Å². The van der Waals surface area contributed by atoms with Crippen LogP contribution in [0.1, 0.15) is 24.5 Å². The summed E-state index contributed by atoms with van der Waals surface area (Å²) in [5, 5.41) is 9.22. The summed E-state index contributed by atoms with van der Waals surface area (Å²) in [7, 11) is 1.76. The van der Waals surface area contributed by atoms with E-state index in [1.165, 1.54) is 0 Å². The van der Waals surface area contributed by atoms with Crippen molar-refractivity contribution in [2.24, 2.45) is 0 Å². The summed E-state index contributed by atoms with van der Waals surface area (Å²) < 4.78 is 5.51. The molecule has 0 unspecified atom stereocenters. The molecule has 114 valence electrons. The monoisotopic (exact) mass is 308 g/mol. The van der Waals surface area contributed by atoms with Gasteiger partial charge in [0, 0.05) is 25.4 Å². The van der Waals surface area contributed by atoms with Crippen molar-refractivity contribution in [1.29, 1.82) is 0 Å². The number of rotatable bonds is 7. The van der Waals surface area contributed by atoms with Crippen molar-refractivity contribution in [2.45, 2.75) is 33.3 Å². The quantitative estimate of drug-likeness (QED) is 0.810. The second kappa shape index (κ2) is 7.16. The second-order valence-corrected chi connectivity index (χ2v) is 5.78. The lowest BCUT2D eigenvalue weighted by molar-refractivity contribution is 0.222. The Morgan fingerprint density at radius 3 is 2.57 bits per heavy atom. The van der Waals surface area contributed by atoms with Gasteiger partial charge in [-0.2, -0.15) is 15.0 Å². The molecule has 0 radical (unpaired) electrons. The number of nitrogens with zero attached hydrogens (tertiary/aromatic N) is 4. The minimum atomic E-state index is 0.0166. The molecule has 0 bridgehead atoms. The first-order valence-corrected chi connectivity index (χ1v) is 7.70. The zero-order valence-electron chi connectivity index (χ0n) is 12.7. The maximum Gasteiger partial charge on any atom is 0.323 e. The fourth-order valence-electron chi connectivity index (χ4n) is 1.64. The van der Waals surface area contributed by atoms with Crippen molar-refractivity contribution in [3.8, 4) is 6.01 Å². The molecule has 0 aliphatic rings. The number of hydrogen-bond acceptors (Lipinski definition) is 8.